The van der Waals surface area contributed by atoms with Crippen LogP contribution in [0.15, 0.2) is 59.5 Å². The van der Waals surface area contributed by atoms with Gasteiger partial charge in [0.15, 0.2) is 0 Å². The van der Waals surface area contributed by atoms with Gasteiger partial charge >= 0.3 is 5.97 Å². The number of hydrogen-bond donors (Lipinski definition) is 1. The van der Waals surface area contributed by atoms with Gasteiger partial charge in [-0.2, -0.15) is 5.26 Å². The first kappa shape index (κ1) is 21.2. The molecule has 0 radical (unpaired) electrons. The maximum absolute atomic E-state index is 12.1. The summed E-state index contributed by atoms with van der Waals surface area (Å²) in [5.74, 6) is 0.0947. The molecule has 0 saturated heterocycles. The second kappa shape index (κ2) is 8.60. The van der Waals surface area contributed by atoms with E-state index in [1.807, 2.05) is 24.3 Å². The zero-order valence-corrected chi connectivity index (χ0v) is 18.0. The fourth-order valence-electron chi connectivity index (χ4n) is 4.23. The molecule has 1 aliphatic heterocycles. The summed E-state index contributed by atoms with van der Waals surface area (Å²) in [6, 6.07) is 15.0. The van der Waals surface area contributed by atoms with Crippen molar-refractivity contribution in [3.63, 3.8) is 0 Å². The molecule has 162 valence electrons. The number of rotatable bonds is 4. The van der Waals surface area contributed by atoms with Gasteiger partial charge in [-0.05, 0) is 53.8 Å². The van der Waals surface area contributed by atoms with Gasteiger partial charge in [-0.15, -0.1) is 0 Å². The lowest BCUT2D eigenvalue weighted by molar-refractivity contribution is -0.118. The molecule has 4 rings (SSSR count). The Balaban J connectivity index is 1.93. The highest BCUT2D eigenvalue weighted by Crippen LogP contribution is 2.48. The zero-order valence-electron chi connectivity index (χ0n) is 18.0. The van der Waals surface area contributed by atoms with Crippen LogP contribution in [0.25, 0.3) is 5.76 Å². The minimum atomic E-state index is -0.477. The van der Waals surface area contributed by atoms with Gasteiger partial charge < -0.3 is 14.2 Å². The van der Waals surface area contributed by atoms with Gasteiger partial charge in [-0.1, -0.05) is 18.2 Å². The van der Waals surface area contributed by atoms with Crippen molar-refractivity contribution >= 4 is 17.6 Å². The fourth-order valence-corrected chi connectivity index (χ4v) is 4.23. The second-order valence-corrected chi connectivity index (χ2v) is 7.57. The van der Waals surface area contributed by atoms with Crippen molar-refractivity contribution in [2.24, 2.45) is 0 Å². The normalized spacial score (nSPS) is 16.9. The van der Waals surface area contributed by atoms with Crippen molar-refractivity contribution in [2.75, 3.05) is 14.2 Å². The van der Waals surface area contributed by atoms with E-state index in [1.165, 1.54) is 14.0 Å². The molecule has 0 saturated carbocycles. The number of nitrogens with one attached hydrogen (secondary N) is 1. The maximum atomic E-state index is 12.1. The minimum Gasteiger partial charge on any atom is -0.497 e. The van der Waals surface area contributed by atoms with Gasteiger partial charge in [-0.3, -0.25) is 10.1 Å². The van der Waals surface area contributed by atoms with Crippen molar-refractivity contribution in [2.45, 2.75) is 25.7 Å². The van der Waals surface area contributed by atoms with Crippen LogP contribution in [0.4, 0.5) is 0 Å². The number of allylic oxidation sites excluding steroid dienone is 2. The average Bonchev–Trinajstić information content (AvgIpc) is 2.81. The summed E-state index contributed by atoms with van der Waals surface area (Å²) in [6.07, 6.45) is 1.43. The third-order valence-electron chi connectivity index (χ3n) is 5.65. The smallest absolute Gasteiger partial charge is 0.337 e. The largest absolute Gasteiger partial charge is 0.497 e. The fraction of sp³-hybridized carbons (Fsp3) is 0.240. The number of carbonyl (C=O) groups is 2. The van der Waals surface area contributed by atoms with Gasteiger partial charge in [0.05, 0.1) is 19.8 Å². The Bertz CT molecular complexity index is 1220. The number of aryl methyl sites for hydroxylation is 1. The van der Waals surface area contributed by atoms with Gasteiger partial charge in [0.2, 0.25) is 11.8 Å². The number of hydrogen-bond acceptors (Lipinski definition) is 6. The molecular formula is C25H22N2O5. The monoisotopic (exact) mass is 430 g/mol. The van der Waals surface area contributed by atoms with Crippen LogP contribution in [0.5, 0.6) is 5.75 Å². The number of ether oxygens (including phenoxy) is 3. The molecule has 1 heterocycles. The van der Waals surface area contributed by atoms with E-state index < -0.39 is 11.9 Å². The molecule has 0 aromatic heterocycles. The van der Waals surface area contributed by atoms with E-state index in [-0.39, 0.29) is 17.4 Å². The molecule has 0 spiro atoms. The van der Waals surface area contributed by atoms with E-state index >= 15 is 0 Å². The molecule has 7 nitrogen and oxygen atoms in total. The Hall–Kier alpha value is -4.05. The van der Waals surface area contributed by atoms with Crippen LogP contribution in [-0.2, 0) is 20.7 Å². The molecule has 0 bridgehead atoms. The molecule has 32 heavy (non-hydrogen) atoms. The highest BCUT2D eigenvalue weighted by Gasteiger charge is 2.37. The van der Waals surface area contributed by atoms with Crippen LogP contribution in [0.1, 0.15) is 46.3 Å². The number of esters is 1. The predicted molar refractivity (Wildman–Crippen MR) is 116 cm³/mol. The number of amides is 1. The lowest BCUT2D eigenvalue weighted by atomic mass is 9.76. The molecule has 1 atom stereocenters. The van der Waals surface area contributed by atoms with E-state index in [9.17, 15) is 14.9 Å². The van der Waals surface area contributed by atoms with E-state index in [4.69, 9.17) is 14.2 Å². The van der Waals surface area contributed by atoms with Gasteiger partial charge in [0, 0.05) is 18.4 Å². The number of fused-ring (bicyclic) bond motifs is 2. The summed E-state index contributed by atoms with van der Waals surface area (Å²) in [5, 5.41) is 12.7. The Morgan fingerprint density at radius 2 is 1.97 bits per heavy atom. The van der Waals surface area contributed by atoms with E-state index in [1.54, 1.807) is 25.3 Å². The third kappa shape index (κ3) is 3.71. The molecular weight excluding hydrogens is 408 g/mol. The van der Waals surface area contributed by atoms with E-state index in [0.717, 1.165) is 28.7 Å². The molecule has 1 amide bonds. The zero-order chi connectivity index (χ0) is 22.8. The highest BCUT2D eigenvalue weighted by molar-refractivity contribution is 5.89. The summed E-state index contributed by atoms with van der Waals surface area (Å²) in [5.41, 5.74) is 4.28. The lowest BCUT2D eigenvalue weighted by Gasteiger charge is -2.34. The van der Waals surface area contributed by atoms with E-state index in [0.29, 0.717) is 23.5 Å². The Morgan fingerprint density at radius 1 is 1.16 bits per heavy atom. The van der Waals surface area contributed by atoms with Crippen LogP contribution >= 0.6 is 0 Å². The number of nitriles is 1. The SMILES string of the molecule is COC(=O)c1cccc(C2C(C#N)=C(NC(C)=O)OC3=C2CCc2ccc(OC)cc23)c1. The van der Waals surface area contributed by atoms with E-state index in [2.05, 4.69) is 11.4 Å². The molecule has 1 aliphatic carbocycles. The maximum Gasteiger partial charge on any atom is 0.337 e. The van der Waals surface area contributed by atoms with Crippen molar-refractivity contribution in [1.82, 2.24) is 5.32 Å². The molecule has 7 heteroatoms. The Kier molecular flexibility index (Phi) is 5.69. The van der Waals surface area contributed by atoms with Crippen molar-refractivity contribution in [3.8, 4) is 11.8 Å². The molecule has 1 N–H and O–H groups in total. The Labute approximate surface area is 185 Å². The quantitative estimate of drug-likeness (QED) is 0.741. The first-order valence-corrected chi connectivity index (χ1v) is 10.1. The van der Waals surface area contributed by atoms with Crippen LogP contribution in [0.3, 0.4) is 0 Å². The highest BCUT2D eigenvalue weighted by atomic mass is 16.5. The summed E-state index contributed by atoms with van der Waals surface area (Å²) in [6.45, 7) is 1.36. The number of nitrogens with zero attached hydrogens (tertiary/aromatic N) is 1. The molecule has 2 aromatic rings. The molecule has 0 fully saturated rings. The van der Waals surface area contributed by atoms with Crippen molar-refractivity contribution in [3.05, 3.63) is 81.7 Å². The standard InChI is InChI=1S/C25H22N2O5/c1-14(28)27-24-21(13-26)22(16-5-4-6-17(11-16)25(29)31-3)19-10-8-15-7-9-18(30-2)12-20(15)23(19)32-24/h4-7,9,11-12,22H,8,10H2,1-3H3,(H,27,28). The van der Waals surface area contributed by atoms with Crippen LogP contribution in [0.2, 0.25) is 0 Å². The molecule has 2 aromatic carbocycles. The second-order valence-electron chi connectivity index (χ2n) is 7.57. The van der Waals surface area contributed by atoms with Gasteiger partial charge in [0.1, 0.15) is 23.2 Å². The lowest BCUT2D eigenvalue weighted by Crippen LogP contribution is -2.29. The summed E-state index contributed by atoms with van der Waals surface area (Å²) in [7, 11) is 2.92. The van der Waals surface area contributed by atoms with Crippen LogP contribution in [-0.4, -0.2) is 26.1 Å². The topological polar surface area (TPSA) is 97.7 Å². The average molecular weight is 430 g/mol. The first-order chi connectivity index (χ1) is 15.5. The first-order valence-electron chi connectivity index (χ1n) is 10.1. The molecule has 1 unspecified atom stereocenters. The summed E-state index contributed by atoms with van der Waals surface area (Å²) in [4.78, 5) is 24.0. The van der Waals surface area contributed by atoms with Crippen LogP contribution < -0.4 is 10.1 Å². The number of benzene rings is 2. The summed E-state index contributed by atoms with van der Waals surface area (Å²) >= 11 is 0. The third-order valence-corrected chi connectivity index (χ3v) is 5.65. The van der Waals surface area contributed by atoms with Crippen molar-refractivity contribution in [1.29, 1.82) is 5.26 Å². The van der Waals surface area contributed by atoms with Crippen LogP contribution in [0, 0.1) is 11.3 Å². The number of methoxy groups -OCH3 is 2. The van der Waals surface area contributed by atoms with Gasteiger partial charge in [0.25, 0.3) is 0 Å². The summed E-state index contributed by atoms with van der Waals surface area (Å²) < 4.78 is 16.4. The minimum absolute atomic E-state index is 0.0999. The Morgan fingerprint density at radius 3 is 2.66 bits per heavy atom. The number of carbonyl (C=O) groups excluding carboxylic acids is 2. The van der Waals surface area contributed by atoms with Crippen molar-refractivity contribution < 1.29 is 23.8 Å². The van der Waals surface area contributed by atoms with Gasteiger partial charge in [-0.25, -0.2) is 4.79 Å². The molecule has 2 aliphatic rings. The predicted octanol–water partition coefficient (Wildman–Crippen LogP) is 3.82.